The Labute approximate surface area is 120 Å². The van der Waals surface area contributed by atoms with E-state index in [2.05, 4.69) is 33.2 Å². The van der Waals surface area contributed by atoms with E-state index in [9.17, 15) is 0 Å². The van der Waals surface area contributed by atoms with Gasteiger partial charge in [-0.1, -0.05) is 34.5 Å². The van der Waals surface area contributed by atoms with E-state index in [0.717, 1.165) is 27.4 Å². The number of hydrogen-bond donors (Lipinski definition) is 1. The molecule has 2 aromatic rings. The normalized spacial score (nSPS) is 12.7. The Hall–Kier alpha value is -0.840. The third kappa shape index (κ3) is 2.76. The number of nitrogens with one attached hydrogen (secondary N) is 1. The van der Waals surface area contributed by atoms with Crippen molar-refractivity contribution in [1.29, 1.82) is 0 Å². The molecule has 18 heavy (non-hydrogen) atoms. The molecule has 96 valence electrons. The molecule has 1 atom stereocenters. The molecule has 0 saturated heterocycles. The molecule has 0 amide bonds. The Morgan fingerprint density at radius 3 is 2.89 bits per heavy atom. The van der Waals surface area contributed by atoms with E-state index in [1.54, 1.807) is 6.20 Å². The predicted octanol–water partition coefficient (Wildman–Crippen LogP) is 3.53. The van der Waals surface area contributed by atoms with Gasteiger partial charge in [0.05, 0.1) is 6.04 Å². The van der Waals surface area contributed by atoms with Crippen molar-refractivity contribution in [1.82, 2.24) is 14.9 Å². The zero-order valence-corrected chi connectivity index (χ0v) is 12.7. The van der Waals surface area contributed by atoms with Gasteiger partial charge in [0.2, 0.25) is 0 Å². The van der Waals surface area contributed by atoms with Gasteiger partial charge in [-0.05, 0) is 30.3 Å². The maximum absolute atomic E-state index is 6.09. The monoisotopic (exact) mass is 327 g/mol. The summed E-state index contributed by atoms with van der Waals surface area (Å²) >= 11 is 9.66. The first-order valence-corrected chi connectivity index (χ1v) is 6.96. The Balaban J connectivity index is 2.48. The van der Waals surface area contributed by atoms with Gasteiger partial charge in [-0.15, -0.1) is 0 Å². The van der Waals surface area contributed by atoms with Crippen LogP contribution in [0, 0.1) is 0 Å². The zero-order chi connectivity index (χ0) is 13.1. The predicted molar refractivity (Wildman–Crippen MR) is 77.9 cm³/mol. The van der Waals surface area contributed by atoms with Crippen LogP contribution in [-0.4, -0.2) is 16.1 Å². The minimum atomic E-state index is 0.0306. The van der Waals surface area contributed by atoms with E-state index in [0.29, 0.717) is 0 Å². The Kier molecular flexibility index (Phi) is 4.43. The number of hydrogen-bond acceptors (Lipinski definition) is 2. The molecule has 1 aromatic carbocycles. The van der Waals surface area contributed by atoms with Crippen molar-refractivity contribution in [2.75, 3.05) is 6.54 Å². The van der Waals surface area contributed by atoms with Crippen LogP contribution < -0.4 is 5.32 Å². The van der Waals surface area contributed by atoms with Crippen molar-refractivity contribution in [3.05, 3.63) is 51.5 Å². The number of aromatic nitrogens is 2. The number of imidazole rings is 1. The van der Waals surface area contributed by atoms with Gasteiger partial charge in [-0.2, -0.15) is 0 Å². The molecule has 0 spiro atoms. The second kappa shape index (κ2) is 5.87. The molecular weight excluding hydrogens is 314 g/mol. The second-order valence-electron chi connectivity index (χ2n) is 4.05. The second-order valence-corrected chi connectivity index (χ2v) is 5.34. The summed E-state index contributed by atoms with van der Waals surface area (Å²) in [4.78, 5) is 4.42. The molecule has 3 nitrogen and oxygen atoms in total. The smallest absolute Gasteiger partial charge is 0.130 e. The first kappa shape index (κ1) is 13.6. The molecule has 1 unspecified atom stereocenters. The fraction of sp³-hybridized carbons (Fsp3) is 0.308. The van der Waals surface area contributed by atoms with Crippen LogP contribution in [0.3, 0.4) is 0 Å². The average Bonchev–Trinajstić information content (AvgIpc) is 2.76. The molecule has 0 fully saturated rings. The molecule has 0 saturated carbocycles. The van der Waals surface area contributed by atoms with Crippen molar-refractivity contribution >= 4 is 27.5 Å². The van der Waals surface area contributed by atoms with Gasteiger partial charge >= 0.3 is 0 Å². The van der Waals surface area contributed by atoms with E-state index in [4.69, 9.17) is 11.6 Å². The summed E-state index contributed by atoms with van der Waals surface area (Å²) in [5, 5.41) is 4.17. The molecule has 0 aliphatic carbocycles. The lowest BCUT2D eigenvalue weighted by molar-refractivity contribution is 0.575. The summed E-state index contributed by atoms with van der Waals surface area (Å²) in [5.41, 5.74) is 1.10. The highest BCUT2D eigenvalue weighted by Gasteiger charge is 2.19. The molecule has 0 aliphatic heterocycles. The van der Waals surface area contributed by atoms with E-state index >= 15 is 0 Å². The molecule has 2 rings (SSSR count). The summed E-state index contributed by atoms with van der Waals surface area (Å²) in [5.74, 6) is 0.972. The fourth-order valence-corrected chi connectivity index (χ4v) is 2.59. The number of aryl methyl sites for hydroxylation is 1. The first-order chi connectivity index (χ1) is 8.63. The summed E-state index contributed by atoms with van der Waals surface area (Å²) in [7, 11) is 1.99. The molecule has 1 aromatic heterocycles. The standard InChI is InChI=1S/C13H15BrClN3/c1-3-16-12(13-17-6-7-18(13)2)10-8-9(15)4-5-11(10)14/h4-8,12,16H,3H2,1-2H3. The van der Waals surface area contributed by atoms with Crippen LogP contribution >= 0.6 is 27.5 Å². The molecule has 1 heterocycles. The Bertz CT molecular complexity index is 539. The number of rotatable bonds is 4. The molecule has 0 bridgehead atoms. The van der Waals surface area contributed by atoms with Crippen molar-refractivity contribution < 1.29 is 0 Å². The minimum absolute atomic E-state index is 0.0306. The van der Waals surface area contributed by atoms with E-state index in [1.807, 2.05) is 36.0 Å². The van der Waals surface area contributed by atoms with Crippen LogP contribution in [0.4, 0.5) is 0 Å². The first-order valence-electron chi connectivity index (χ1n) is 5.79. The highest BCUT2D eigenvalue weighted by atomic mass is 79.9. The maximum Gasteiger partial charge on any atom is 0.130 e. The van der Waals surface area contributed by atoms with Gasteiger partial charge in [0.25, 0.3) is 0 Å². The molecule has 5 heteroatoms. The summed E-state index contributed by atoms with van der Waals surface area (Å²) in [6.07, 6.45) is 3.75. The van der Waals surface area contributed by atoms with Gasteiger partial charge < -0.3 is 9.88 Å². The average molecular weight is 329 g/mol. The maximum atomic E-state index is 6.09. The quantitative estimate of drug-likeness (QED) is 0.930. The third-order valence-corrected chi connectivity index (χ3v) is 3.75. The lowest BCUT2D eigenvalue weighted by atomic mass is 10.1. The van der Waals surface area contributed by atoms with Crippen molar-refractivity contribution in [3.63, 3.8) is 0 Å². The van der Waals surface area contributed by atoms with Crippen molar-refractivity contribution in [2.24, 2.45) is 7.05 Å². The molecule has 0 aliphatic rings. The van der Waals surface area contributed by atoms with Crippen molar-refractivity contribution in [2.45, 2.75) is 13.0 Å². The topological polar surface area (TPSA) is 29.9 Å². The molecular formula is C13H15BrClN3. The highest BCUT2D eigenvalue weighted by Crippen LogP contribution is 2.30. The van der Waals surface area contributed by atoms with Crippen LogP contribution in [0.2, 0.25) is 5.02 Å². The van der Waals surface area contributed by atoms with Crippen LogP contribution in [0.25, 0.3) is 0 Å². The van der Waals surface area contributed by atoms with E-state index < -0.39 is 0 Å². The Morgan fingerprint density at radius 1 is 1.50 bits per heavy atom. The summed E-state index contributed by atoms with van der Waals surface area (Å²) in [6, 6.07) is 5.83. The number of benzene rings is 1. The lowest BCUT2D eigenvalue weighted by Crippen LogP contribution is -2.25. The number of halogens is 2. The third-order valence-electron chi connectivity index (χ3n) is 2.79. The molecule has 1 N–H and O–H groups in total. The van der Waals surface area contributed by atoms with Crippen molar-refractivity contribution in [3.8, 4) is 0 Å². The summed E-state index contributed by atoms with van der Waals surface area (Å²) < 4.78 is 3.04. The van der Waals surface area contributed by atoms with Gasteiger partial charge in [0.15, 0.2) is 0 Å². The van der Waals surface area contributed by atoms with Gasteiger partial charge in [-0.3, -0.25) is 0 Å². The van der Waals surface area contributed by atoms with Crippen LogP contribution in [0.5, 0.6) is 0 Å². The van der Waals surface area contributed by atoms with Crippen LogP contribution in [0.1, 0.15) is 24.4 Å². The van der Waals surface area contributed by atoms with E-state index in [-0.39, 0.29) is 6.04 Å². The highest BCUT2D eigenvalue weighted by molar-refractivity contribution is 9.10. The van der Waals surface area contributed by atoms with E-state index in [1.165, 1.54) is 0 Å². The van der Waals surface area contributed by atoms with Crippen LogP contribution in [-0.2, 0) is 7.05 Å². The van der Waals surface area contributed by atoms with Gasteiger partial charge in [0, 0.05) is 28.9 Å². The van der Waals surface area contributed by atoms with Gasteiger partial charge in [-0.25, -0.2) is 4.98 Å². The van der Waals surface area contributed by atoms with Crippen LogP contribution in [0.15, 0.2) is 35.1 Å². The fourth-order valence-electron chi connectivity index (χ4n) is 1.94. The molecule has 0 radical (unpaired) electrons. The minimum Gasteiger partial charge on any atom is -0.336 e. The number of nitrogens with zero attached hydrogens (tertiary/aromatic N) is 2. The lowest BCUT2D eigenvalue weighted by Gasteiger charge is -2.19. The summed E-state index contributed by atoms with van der Waals surface area (Å²) in [6.45, 7) is 2.94. The van der Waals surface area contributed by atoms with Gasteiger partial charge in [0.1, 0.15) is 5.82 Å². The SMILES string of the molecule is CCNC(c1cc(Cl)ccc1Br)c1nccn1C. The largest absolute Gasteiger partial charge is 0.336 e. The zero-order valence-electron chi connectivity index (χ0n) is 10.3. The Morgan fingerprint density at radius 2 is 2.28 bits per heavy atom.